The Kier molecular flexibility index (Phi) is 4.22. The average molecular weight is 345 g/mol. The van der Waals surface area contributed by atoms with Crippen LogP contribution < -0.4 is 11.1 Å². The number of nitrogens with one attached hydrogen (secondary N) is 1. The third kappa shape index (κ3) is 3.15. The van der Waals surface area contributed by atoms with Crippen molar-refractivity contribution in [1.82, 2.24) is 4.57 Å². The summed E-state index contributed by atoms with van der Waals surface area (Å²) in [5.74, 6) is -0.459. The van der Waals surface area contributed by atoms with Crippen LogP contribution >= 0.6 is 23.6 Å². The van der Waals surface area contributed by atoms with E-state index in [1.165, 1.54) is 24.3 Å². The van der Waals surface area contributed by atoms with Crippen molar-refractivity contribution in [1.29, 1.82) is 0 Å². The van der Waals surface area contributed by atoms with E-state index in [2.05, 4.69) is 5.32 Å². The fraction of sp³-hybridized carbons (Fsp3) is 0. The van der Waals surface area contributed by atoms with E-state index in [-0.39, 0.29) is 17.5 Å². The number of aromatic nitrogens is 1. The number of amides is 1. The number of thiazole rings is 1. The third-order valence-corrected chi connectivity index (χ3v) is 4.56. The number of hydrogen-bond acceptors (Lipinski definition) is 4. The molecule has 1 amide bonds. The van der Waals surface area contributed by atoms with E-state index in [1.807, 2.05) is 30.3 Å². The first-order valence-electron chi connectivity index (χ1n) is 6.70. The van der Waals surface area contributed by atoms with E-state index in [9.17, 15) is 9.18 Å². The van der Waals surface area contributed by atoms with Crippen LogP contribution in [0.3, 0.4) is 0 Å². The van der Waals surface area contributed by atoms with Gasteiger partial charge in [-0.1, -0.05) is 29.5 Å². The Balaban J connectivity index is 1.93. The van der Waals surface area contributed by atoms with Crippen LogP contribution in [0.5, 0.6) is 0 Å². The maximum Gasteiger partial charge on any atom is 0.269 e. The molecule has 0 atom stereocenters. The summed E-state index contributed by atoms with van der Waals surface area (Å²) in [6, 6.07) is 14.9. The molecular weight excluding hydrogens is 333 g/mol. The first-order chi connectivity index (χ1) is 11.1. The standard InChI is InChI=1S/C16H12FN3OS2/c17-10-6-8-11(9-7-10)19-15(21)13-14(18)20(16(22)23-13)12-4-2-1-3-5-12/h1-9H,18H2,(H,19,21). The quantitative estimate of drug-likeness (QED) is 0.698. The van der Waals surface area contributed by atoms with Gasteiger partial charge in [0.05, 0.1) is 0 Å². The molecule has 0 aliphatic carbocycles. The van der Waals surface area contributed by atoms with Crippen LogP contribution in [0.15, 0.2) is 54.6 Å². The monoisotopic (exact) mass is 345 g/mol. The summed E-state index contributed by atoms with van der Waals surface area (Å²) in [5.41, 5.74) is 7.39. The minimum Gasteiger partial charge on any atom is -0.383 e. The zero-order chi connectivity index (χ0) is 16.4. The first-order valence-corrected chi connectivity index (χ1v) is 7.92. The average Bonchev–Trinajstić information content (AvgIpc) is 2.85. The predicted octanol–water partition coefficient (Wildman–Crippen LogP) is 4.24. The predicted molar refractivity (Wildman–Crippen MR) is 93.2 cm³/mol. The number of carbonyl (C=O) groups is 1. The van der Waals surface area contributed by atoms with Crippen molar-refractivity contribution in [2.24, 2.45) is 0 Å². The number of hydrogen-bond donors (Lipinski definition) is 2. The topological polar surface area (TPSA) is 60.1 Å². The molecule has 0 fully saturated rings. The largest absolute Gasteiger partial charge is 0.383 e. The van der Waals surface area contributed by atoms with Crippen molar-refractivity contribution in [3.8, 4) is 5.69 Å². The van der Waals surface area contributed by atoms with Crippen LogP contribution in [0.25, 0.3) is 5.69 Å². The van der Waals surface area contributed by atoms with E-state index in [1.54, 1.807) is 4.57 Å². The number of carbonyl (C=O) groups excluding carboxylic acids is 1. The molecule has 1 heterocycles. The Morgan fingerprint density at radius 1 is 1.13 bits per heavy atom. The van der Waals surface area contributed by atoms with Gasteiger partial charge in [0, 0.05) is 11.4 Å². The van der Waals surface area contributed by atoms with Crippen LogP contribution in [-0.2, 0) is 0 Å². The fourth-order valence-electron chi connectivity index (χ4n) is 2.09. The van der Waals surface area contributed by atoms with Gasteiger partial charge in [-0.3, -0.25) is 9.36 Å². The number of rotatable bonds is 3. The maximum atomic E-state index is 12.9. The van der Waals surface area contributed by atoms with Gasteiger partial charge in [-0.15, -0.1) is 0 Å². The van der Waals surface area contributed by atoms with Crippen LogP contribution in [-0.4, -0.2) is 10.5 Å². The van der Waals surface area contributed by atoms with Gasteiger partial charge in [0.1, 0.15) is 16.5 Å². The lowest BCUT2D eigenvalue weighted by atomic mass is 10.3. The summed E-state index contributed by atoms with van der Waals surface area (Å²) in [6.07, 6.45) is 0. The molecule has 1 aromatic heterocycles. The first kappa shape index (κ1) is 15.4. The number of halogens is 1. The molecule has 3 rings (SSSR count). The second-order valence-corrected chi connectivity index (χ2v) is 6.36. The molecule has 0 saturated carbocycles. The highest BCUT2D eigenvalue weighted by Crippen LogP contribution is 2.27. The van der Waals surface area contributed by atoms with Crippen molar-refractivity contribution in [3.05, 3.63) is 69.2 Å². The highest BCUT2D eigenvalue weighted by molar-refractivity contribution is 7.73. The molecule has 0 aliphatic heterocycles. The molecule has 0 radical (unpaired) electrons. The zero-order valence-electron chi connectivity index (χ0n) is 11.8. The van der Waals surface area contributed by atoms with E-state index < -0.39 is 0 Å². The Morgan fingerprint density at radius 2 is 1.78 bits per heavy atom. The van der Waals surface area contributed by atoms with Crippen LogP contribution in [0, 0.1) is 9.77 Å². The van der Waals surface area contributed by atoms with Gasteiger partial charge < -0.3 is 11.1 Å². The van der Waals surface area contributed by atoms with Crippen molar-refractivity contribution in [2.75, 3.05) is 11.1 Å². The van der Waals surface area contributed by atoms with Gasteiger partial charge in [0.2, 0.25) is 0 Å². The van der Waals surface area contributed by atoms with Crippen LogP contribution in [0.1, 0.15) is 9.67 Å². The van der Waals surface area contributed by atoms with E-state index >= 15 is 0 Å². The van der Waals surface area contributed by atoms with Gasteiger partial charge >= 0.3 is 0 Å². The van der Waals surface area contributed by atoms with Gasteiger partial charge in [-0.25, -0.2) is 4.39 Å². The Morgan fingerprint density at radius 3 is 2.43 bits per heavy atom. The van der Waals surface area contributed by atoms with E-state index in [0.29, 0.717) is 14.5 Å². The molecule has 23 heavy (non-hydrogen) atoms. The van der Waals surface area contributed by atoms with Gasteiger partial charge in [-0.05, 0) is 48.6 Å². The van der Waals surface area contributed by atoms with Crippen molar-refractivity contribution >= 4 is 41.0 Å². The zero-order valence-corrected chi connectivity index (χ0v) is 13.5. The highest BCUT2D eigenvalue weighted by Gasteiger charge is 2.18. The summed E-state index contributed by atoms with van der Waals surface area (Å²) in [4.78, 5) is 12.7. The van der Waals surface area contributed by atoms with E-state index in [4.69, 9.17) is 18.0 Å². The number of nitrogen functional groups attached to an aromatic ring is 1. The summed E-state index contributed by atoms with van der Waals surface area (Å²) >= 11 is 6.45. The Bertz CT molecular complexity index is 901. The van der Waals surface area contributed by atoms with Crippen LogP contribution in [0.4, 0.5) is 15.9 Å². The minimum atomic E-state index is -0.375. The molecule has 3 aromatic rings. The highest BCUT2D eigenvalue weighted by atomic mass is 32.1. The second kappa shape index (κ2) is 6.31. The third-order valence-electron chi connectivity index (χ3n) is 3.17. The molecule has 4 nitrogen and oxygen atoms in total. The lowest BCUT2D eigenvalue weighted by Crippen LogP contribution is -2.13. The van der Waals surface area contributed by atoms with Crippen molar-refractivity contribution in [2.45, 2.75) is 0 Å². The SMILES string of the molecule is Nc1c(C(=O)Nc2ccc(F)cc2)sc(=S)n1-c1ccccc1. The lowest BCUT2D eigenvalue weighted by molar-refractivity contribution is 0.103. The second-order valence-electron chi connectivity index (χ2n) is 4.71. The Hall–Kier alpha value is -2.51. The number of para-hydroxylation sites is 1. The molecule has 3 N–H and O–H groups in total. The number of benzene rings is 2. The summed E-state index contributed by atoms with van der Waals surface area (Å²) < 4.78 is 15.0. The Labute approximate surface area is 141 Å². The fourth-order valence-corrected chi connectivity index (χ4v) is 3.35. The molecule has 0 spiro atoms. The smallest absolute Gasteiger partial charge is 0.269 e. The number of nitrogens with two attached hydrogens (primary N) is 1. The molecule has 0 unspecified atom stereocenters. The molecule has 2 aromatic carbocycles. The van der Waals surface area contributed by atoms with Gasteiger partial charge in [-0.2, -0.15) is 0 Å². The minimum absolute atomic E-state index is 0.283. The molecule has 0 bridgehead atoms. The van der Waals surface area contributed by atoms with Gasteiger partial charge in [0.25, 0.3) is 5.91 Å². The van der Waals surface area contributed by atoms with Crippen molar-refractivity contribution < 1.29 is 9.18 Å². The summed E-state index contributed by atoms with van der Waals surface area (Å²) in [7, 11) is 0. The van der Waals surface area contributed by atoms with Crippen LogP contribution in [0.2, 0.25) is 0 Å². The van der Waals surface area contributed by atoms with Crippen molar-refractivity contribution in [3.63, 3.8) is 0 Å². The van der Waals surface area contributed by atoms with Gasteiger partial charge in [0.15, 0.2) is 3.95 Å². The molecular formula is C16H12FN3OS2. The van der Waals surface area contributed by atoms with E-state index in [0.717, 1.165) is 17.0 Å². The molecule has 0 aliphatic rings. The molecule has 7 heteroatoms. The summed E-state index contributed by atoms with van der Waals surface area (Å²) in [5, 5.41) is 2.68. The molecule has 0 saturated heterocycles. The summed E-state index contributed by atoms with van der Waals surface area (Å²) in [6.45, 7) is 0. The normalized spacial score (nSPS) is 10.5. The number of nitrogens with zero attached hydrogens (tertiary/aromatic N) is 1. The molecule has 116 valence electrons. The lowest BCUT2D eigenvalue weighted by Gasteiger charge is -2.07. The maximum absolute atomic E-state index is 12.9. The number of anilines is 2.